The molecule has 0 aliphatic carbocycles. The zero-order chi connectivity index (χ0) is 16.0. The molecule has 2 rings (SSSR count). The van der Waals surface area contributed by atoms with E-state index in [2.05, 4.69) is 5.32 Å². The molecule has 3 unspecified atom stereocenters. The molecule has 0 saturated carbocycles. The number of carboxylic acid groups (broad SMARTS) is 1. The Morgan fingerprint density at radius 2 is 2.10 bits per heavy atom. The van der Waals surface area contributed by atoms with Crippen LogP contribution in [0.3, 0.4) is 0 Å². The Bertz CT molecular complexity index is 488. The van der Waals surface area contributed by atoms with Crippen LogP contribution in [0, 0.1) is 5.41 Å². The molecule has 3 atom stereocenters. The molecular formula is C14H22N2O4S. The standard InChI is InChI=1S/C14H22N2O4S/c1-13(2,3)10(12(19)20)15-11(18)8-7-21-14(4)6-5-9(17)16(8)14/h8,10H,5-7H2,1-4H3,(H,15,18)(H,19,20). The number of aliphatic carboxylic acids is 1. The van der Waals surface area contributed by atoms with Crippen LogP contribution < -0.4 is 5.32 Å². The molecule has 2 aliphatic heterocycles. The van der Waals surface area contributed by atoms with Crippen LogP contribution in [0.4, 0.5) is 0 Å². The second-order valence-corrected chi connectivity index (χ2v) is 8.41. The maximum absolute atomic E-state index is 12.5. The fourth-order valence-electron chi connectivity index (χ4n) is 2.90. The number of amides is 2. The maximum atomic E-state index is 12.5. The van der Waals surface area contributed by atoms with Gasteiger partial charge in [-0.25, -0.2) is 4.79 Å². The average molecular weight is 314 g/mol. The molecule has 6 nitrogen and oxygen atoms in total. The molecule has 0 spiro atoms. The summed E-state index contributed by atoms with van der Waals surface area (Å²) >= 11 is 1.60. The molecule has 7 heteroatoms. The van der Waals surface area contributed by atoms with Gasteiger partial charge in [0.25, 0.3) is 0 Å². The van der Waals surface area contributed by atoms with Gasteiger partial charge in [0.1, 0.15) is 12.1 Å². The summed E-state index contributed by atoms with van der Waals surface area (Å²) in [7, 11) is 0. The number of nitrogens with zero attached hydrogens (tertiary/aromatic N) is 1. The van der Waals surface area contributed by atoms with Crippen LogP contribution in [0.25, 0.3) is 0 Å². The quantitative estimate of drug-likeness (QED) is 0.813. The molecule has 0 bridgehead atoms. The molecule has 21 heavy (non-hydrogen) atoms. The second-order valence-electron chi connectivity index (χ2n) is 6.91. The first-order valence-corrected chi connectivity index (χ1v) is 8.04. The number of hydrogen-bond acceptors (Lipinski definition) is 4. The molecule has 2 heterocycles. The number of thioether (sulfide) groups is 1. The lowest BCUT2D eigenvalue weighted by Crippen LogP contribution is -2.56. The van der Waals surface area contributed by atoms with Crippen LogP contribution in [0.2, 0.25) is 0 Å². The number of carbonyl (C=O) groups excluding carboxylic acids is 2. The van der Waals surface area contributed by atoms with Gasteiger partial charge in [-0.3, -0.25) is 9.59 Å². The highest BCUT2D eigenvalue weighted by Gasteiger charge is 2.53. The topological polar surface area (TPSA) is 86.7 Å². The first-order valence-electron chi connectivity index (χ1n) is 7.05. The lowest BCUT2D eigenvalue weighted by Gasteiger charge is -2.32. The van der Waals surface area contributed by atoms with Crippen molar-refractivity contribution in [1.29, 1.82) is 0 Å². The van der Waals surface area contributed by atoms with Crippen LogP contribution in [-0.4, -0.2) is 50.5 Å². The number of hydrogen-bond donors (Lipinski definition) is 2. The molecule has 0 aromatic heterocycles. The Balaban J connectivity index is 2.14. The van der Waals surface area contributed by atoms with Crippen molar-refractivity contribution in [2.24, 2.45) is 5.41 Å². The van der Waals surface area contributed by atoms with Gasteiger partial charge in [-0.05, 0) is 18.8 Å². The highest BCUT2D eigenvalue weighted by Crippen LogP contribution is 2.47. The van der Waals surface area contributed by atoms with Gasteiger partial charge in [0.15, 0.2) is 0 Å². The molecular weight excluding hydrogens is 292 g/mol. The summed E-state index contributed by atoms with van der Waals surface area (Å²) in [5.74, 6) is -0.934. The molecule has 2 saturated heterocycles. The van der Waals surface area contributed by atoms with E-state index in [1.807, 2.05) is 6.92 Å². The molecule has 2 fully saturated rings. The van der Waals surface area contributed by atoms with Gasteiger partial charge in [-0.1, -0.05) is 20.8 Å². The number of nitrogens with one attached hydrogen (secondary N) is 1. The van der Waals surface area contributed by atoms with Crippen LogP contribution in [0.1, 0.15) is 40.5 Å². The summed E-state index contributed by atoms with van der Waals surface area (Å²) < 4.78 is 0. The van der Waals surface area contributed by atoms with Crippen molar-refractivity contribution in [1.82, 2.24) is 10.2 Å². The first kappa shape index (κ1) is 16.1. The van der Waals surface area contributed by atoms with Crippen molar-refractivity contribution in [2.75, 3.05) is 5.75 Å². The van der Waals surface area contributed by atoms with Gasteiger partial charge < -0.3 is 15.3 Å². The fourth-order valence-corrected chi connectivity index (χ4v) is 4.33. The smallest absolute Gasteiger partial charge is 0.326 e. The number of carboxylic acids is 1. The summed E-state index contributed by atoms with van der Waals surface area (Å²) in [5, 5.41) is 11.9. The molecule has 0 radical (unpaired) electrons. The van der Waals surface area contributed by atoms with Crippen molar-refractivity contribution < 1.29 is 19.5 Å². The normalized spacial score (nSPS) is 30.2. The van der Waals surface area contributed by atoms with Crippen molar-refractivity contribution in [3.8, 4) is 0 Å². The van der Waals surface area contributed by atoms with E-state index < -0.39 is 23.5 Å². The summed E-state index contributed by atoms with van der Waals surface area (Å²) in [4.78, 5) is 37.1. The molecule has 2 amide bonds. The largest absolute Gasteiger partial charge is 0.480 e. The molecule has 2 N–H and O–H groups in total. The molecule has 0 aromatic rings. The zero-order valence-electron chi connectivity index (χ0n) is 12.8. The number of fused-ring (bicyclic) bond motifs is 1. The average Bonchev–Trinajstić information content (AvgIpc) is 2.82. The number of carbonyl (C=O) groups is 3. The third-order valence-corrected chi connectivity index (χ3v) is 5.65. The van der Waals surface area contributed by atoms with Crippen LogP contribution in [-0.2, 0) is 14.4 Å². The summed E-state index contributed by atoms with van der Waals surface area (Å²) in [5.41, 5.74) is -0.592. The second kappa shape index (κ2) is 5.19. The minimum Gasteiger partial charge on any atom is -0.480 e. The molecule has 2 aliphatic rings. The Morgan fingerprint density at radius 1 is 1.48 bits per heavy atom. The first-order chi connectivity index (χ1) is 9.56. The Kier molecular flexibility index (Phi) is 3.99. The van der Waals surface area contributed by atoms with E-state index in [1.54, 1.807) is 37.4 Å². The van der Waals surface area contributed by atoms with Gasteiger partial charge in [0.2, 0.25) is 11.8 Å². The van der Waals surface area contributed by atoms with Crippen molar-refractivity contribution in [3.63, 3.8) is 0 Å². The third kappa shape index (κ3) is 2.88. The minimum atomic E-state index is -1.06. The zero-order valence-corrected chi connectivity index (χ0v) is 13.6. The number of rotatable bonds is 3. The Labute approximate surface area is 128 Å². The predicted molar refractivity (Wildman–Crippen MR) is 79.8 cm³/mol. The van der Waals surface area contributed by atoms with E-state index in [4.69, 9.17) is 0 Å². The van der Waals surface area contributed by atoms with Gasteiger partial charge in [-0.15, -0.1) is 11.8 Å². The molecule has 0 aromatic carbocycles. The van der Waals surface area contributed by atoms with E-state index in [0.29, 0.717) is 12.2 Å². The molecule has 118 valence electrons. The van der Waals surface area contributed by atoms with E-state index in [0.717, 1.165) is 6.42 Å². The fraction of sp³-hybridized carbons (Fsp3) is 0.786. The van der Waals surface area contributed by atoms with Crippen LogP contribution >= 0.6 is 11.8 Å². The predicted octanol–water partition coefficient (Wildman–Crippen LogP) is 1.06. The Hall–Kier alpha value is -1.24. The Morgan fingerprint density at radius 3 is 2.62 bits per heavy atom. The third-order valence-electron chi connectivity index (χ3n) is 4.15. The van der Waals surface area contributed by atoms with Crippen molar-refractivity contribution in [2.45, 2.75) is 57.5 Å². The maximum Gasteiger partial charge on any atom is 0.326 e. The van der Waals surface area contributed by atoms with Crippen LogP contribution in [0.15, 0.2) is 0 Å². The summed E-state index contributed by atoms with van der Waals surface area (Å²) in [6, 6.07) is -1.54. The summed E-state index contributed by atoms with van der Waals surface area (Å²) in [6.45, 7) is 7.26. The highest BCUT2D eigenvalue weighted by atomic mass is 32.2. The van der Waals surface area contributed by atoms with E-state index in [9.17, 15) is 19.5 Å². The summed E-state index contributed by atoms with van der Waals surface area (Å²) in [6.07, 6.45) is 1.19. The van der Waals surface area contributed by atoms with Gasteiger partial charge in [0, 0.05) is 12.2 Å². The van der Waals surface area contributed by atoms with Gasteiger partial charge in [-0.2, -0.15) is 0 Å². The van der Waals surface area contributed by atoms with Gasteiger partial charge >= 0.3 is 5.97 Å². The van der Waals surface area contributed by atoms with Crippen LogP contribution in [0.5, 0.6) is 0 Å². The van der Waals surface area contributed by atoms with Crippen molar-refractivity contribution >= 4 is 29.5 Å². The SMILES string of the molecule is CC(C)(C)C(NC(=O)C1CSC2(C)CCC(=O)N12)C(=O)O. The highest BCUT2D eigenvalue weighted by molar-refractivity contribution is 8.01. The minimum absolute atomic E-state index is 0.0229. The van der Waals surface area contributed by atoms with E-state index in [1.165, 1.54) is 0 Å². The van der Waals surface area contributed by atoms with Gasteiger partial charge in [0.05, 0.1) is 4.87 Å². The monoisotopic (exact) mass is 314 g/mol. The van der Waals surface area contributed by atoms with E-state index >= 15 is 0 Å². The van der Waals surface area contributed by atoms with Crippen molar-refractivity contribution in [3.05, 3.63) is 0 Å². The lowest BCUT2D eigenvalue weighted by atomic mass is 9.86. The van der Waals surface area contributed by atoms with E-state index in [-0.39, 0.29) is 16.7 Å². The lowest BCUT2D eigenvalue weighted by molar-refractivity contribution is -0.146.